The van der Waals surface area contributed by atoms with Gasteiger partial charge in [0.15, 0.2) is 5.89 Å². The number of aromatic nitrogens is 4. The van der Waals surface area contributed by atoms with Crippen molar-refractivity contribution in [2.75, 3.05) is 6.54 Å². The van der Waals surface area contributed by atoms with Gasteiger partial charge in [-0.1, -0.05) is 6.07 Å². The van der Waals surface area contributed by atoms with Crippen molar-refractivity contribution in [3.05, 3.63) is 75.4 Å². The van der Waals surface area contributed by atoms with Crippen LogP contribution in [0.15, 0.2) is 39.8 Å². The van der Waals surface area contributed by atoms with Crippen molar-refractivity contribution in [2.45, 2.75) is 52.6 Å². The Balaban J connectivity index is 1.35. The molecule has 1 aliphatic heterocycles. The molecule has 0 fully saturated rings. The summed E-state index contributed by atoms with van der Waals surface area (Å²) in [6, 6.07) is 5.80. The van der Waals surface area contributed by atoms with Crippen LogP contribution in [0.1, 0.15) is 40.7 Å². The molecule has 0 radical (unpaired) electrons. The van der Waals surface area contributed by atoms with E-state index in [1.54, 1.807) is 22.6 Å². The van der Waals surface area contributed by atoms with Crippen LogP contribution in [0.4, 0.5) is 0 Å². The van der Waals surface area contributed by atoms with Crippen molar-refractivity contribution in [1.82, 2.24) is 24.4 Å². The van der Waals surface area contributed by atoms with E-state index in [1.807, 2.05) is 31.3 Å². The molecule has 0 atom stereocenters. The number of pyridine rings is 1. The van der Waals surface area contributed by atoms with Crippen LogP contribution in [0, 0.1) is 13.8 Å². The topological polar surface area (TPSA) is 94.1 Å². The van der Waals surface area contributed by atoms with Gasteiger partial charge in [0, 0.05) is 56.1 Å². The Morgan fingerprint density at radius 2 is 2.10 bits per heavy atom. The molecule has 0 N–H and O–H groups in total. The number of nitrogens with zero attached hydrogens (tertiary/aromatic N) is 5. The number of hydrogen-bond donors (Lipinski definition) is 0. The third kappa shape index (κ3) is 4.48. The summed E-state index contributed by atoms with van der Waals surface area (Å²) >= 11 is 0. The molecular formula is C22H25N5O3. The van der Waals surface area contributed by atoms with Gasteiger partial charge in [-0.3, -0.25) is 14.3 Å². The van der Waals surface area contributed by atoms with Crippen LogP contribution in [0.25, 0.3) is 0 Å². The van der Waals surface area contributed by atoms with E-state index in [0.717, 1.165) is 29.1 Å². The van der Waals surface area contributed by atoms with E-state index in [9.17, 15) is 9.59 Å². The van der Waals surface area contributed by atoms with Gasteiger partial charge in [-0.2, -0.15) is 4.98 Å². The van der Waals surface area contributed by atoms with Crippen molar-refractivity contribution in [3.63, 3.8) is 0 Å². The predicted octanol–water partition coefficient (Wildman–Crippen LogP) is 2.00. The minimum absolute atomic E-state index is 0.00688. The van der Waals surface area contributed by atoms with Crippen LogP contribution in [0.2, 0.25) is 0 Å². The van der Waals surface area contributed by atoms with Crippen molar-refractivity contribution < 1.29 is 9.21 Å². The van der Waals surface area contributed by atoms with Crippen LogP contribution in [-0.2, 0) is 37.1 Å². The summed E-state index contributed by atoms with van der Waals surface area (Å²) in [5.41, 5.74) is 3.17. The largest absolute Gasteiger partial charge is 0.445 e. The maximum absolute atomic E-state index is 12.7. The second-order valence-corrected chi connectivity index (χ2v) is 7.63. The Hall–Kier alpha value is -3.29. The van der Waals surface area contributed by atoms with Crippen LogP contribution in [-0.4, -0.2) is 36.9 Å². The lowest BCUT2D eigenvalue weighted by Crippen LogP contribution is -2.37. The van der Waals surface area contributed by atoms with Crippen molar-refractivity contribution in [1.29, 1.82) is 0 Å². The summed E-state index contributed by atoms with van der Waals surface area (Å²) in [6.07, 6.45) is 6.04. The molecule has 4 heterocycles. The fraction of sp³-hybridized carbons (Fsp3) is 0.409. The summed E-state index contributed by atoms with van der Waals surface area (Å²) in [5, 5.41) is 0. The summed E-state index contributed by atoms with van der Waals surface area (Å²) in [6.45, 7) is 5.03. The van der Waals surface area contributed by atoms with Gasteiger partial charge in [-0.15, -0.1) is 0 Å². The number of fused-ring (bicyclic) bond motifs is 1. The fourth-order valence-electron chi connectivity index (χ4n) is 3.78. The maximum atomic E-state index is 12.7. The highest BCUT2D eigenvalue weighted by Gasteiger charge is 2.25. The summed E-state index contributed by atoms with van der Waals surface area (Å²) < 4.78 is 7.45. The minimum atomic E-state index is -0.309. The number of carbonyl (C=O) groups is 1. The SMILES string of the molecule is Cc1cc(C)n(CCC(=O)N2CCc3oc(CCc4cccnc4)nc3C2)c(=O)n1. The van der Waals surface area contributed by atoms with E-state index in [4.69, 9.17) is 4.42 Å². The van der Waals surface area contributed by atoms with E-state index in [2.05, 4.69) is 15.0 Å². The van der Waals surface area contributed by atoms with Gasteiger partial charge in [0.25, 0.3) is 0 Å². The van der Waals surface area contributed by atoms with Crippen molar-refractivity contribution in [2.24, 2.45) is 0 Å². The minimum Gasteiger partial charge on any atom is -0.445 e. The highest BCUT2D eigenvalue weighted by atomic mass is 16.4. The number of carbonyl (C=O) groups excluding carboxylic acids is 1. The summed E-state index contributed by atoms with van der Waals surface area (Å²) in [4.78, 5) is 39.3. The average molecular weight is 407 g/mol. The molecule has 1 amide bonds. The van der Waals surface area contributed by atoms with Crippen molar-refractivity contribution in [3.8, 4) is 0 Å². The number of amides is 1. The zero-order valence-electron chi connectivity index (χ0n) is 17.3. The third-order valence-corrected chi connectivity index (χ3v) is 5.37. The second kappa shape index (κ2) is 8.61. The van der Waals surface area contributed by atoms with E-state index in [1.165, 1.54) is 0 Å². The number of oxazole rings is 1. The lowest BCUT2D eigenvalue weighted by atomic mass is 10.1. The van der Waals surface area contributed by atoms with Gasteiger partial charge < -0.3 is 9.32 Å². The molecule has 0 unspecified atom stereocenters. The molecule has 8 nitrogen and oxygen atoms in total. The lowest BCUT2D eigenvalue weighted by molar-refractivity contribution is -0.132. The van der Waals surface area contributed by atoms with Gasteiger partial charge in [0.05, 0.1) is 6.54 Å². The molecule has 8 heteroatoms. The second-order valence-electron chi connectivity index (χ2n) is 7.63. The molecule has 0 aliphatic carbocycles. The lowest BCUT2D eigenvalue weighted by Gasteiger charge is -2.25. The first-order chi connectivity index (χ1) is 14.5. The number of hydrogen-bond acceptors (Lipinski definition) is 6. The molecular weight excluding hydrogens is 382 g/mol. The van der Waals surface area contributed by atoms with E-state index in [-0.39, 0.29) is 18.0 Å². The van der Waals surface area contributed by atoms with Gasteiger partial charge in [-0.25, -0.2) is 9.78 Å². The fourth-order valence-corrected chi connectivity index (χ4v) is 3.78. The van der Waals surface area contributed by atoms with Crippen LogP contribution in [0.5, 0.6) is 0 Å². The van der Waals surface area contributed by atoms with E-state index < -0.39 is 0 Å². The number of rotatable bonds is 6. The zero-order valence-corrected chi connectivity index (χ0v) is 17.3. The van der Waals surface area contributed by atoms with Crippen molar-refractivity contribution >= 4 is 5.91 Å². The summed E-state index contributed by atoms with van der Waals surface area (Å²) in [5.74, 6) is 1.58. The van der Waals surface area contributed by atoms with Crippen LogP contribution in [0.3, 0.4) is 0 Å². The zero-order chi connectivity index (χ0) is 21.1. The third-order valence-electron chi connectivity index (χ3n) is 5.37. The summed E-state index contributed by atoms with van der Waals surface area (Å²) in [7, 11) is 0. The maximum Gasteiger partial charge on any atom is 0.347 e. The number of aryl methyl sites for hydroxylation is 4. The molecule has 0 saturated heterocycles. The molecule has 0 bridgehead atoms. The smallest absolute Gasteiger partial charge is 0.347 e. The Morgan fingerprint density at radius 1 is 1.23 bits per heavy atom. The quantitative estimate of drug-likeness (QED) is 0.620. The van der Waals surface area contributed by atoms with Gasteiger partial charge in [-0.05, 0) is 38.0 Å². The normalized spacial score (nSPS) is 13.3. The molecule has 4 rings (SSSR count). The van der Waals surface area contributed by atoms with Gasteiger partial charge in [0.1, 0.15) is 11.5 Å². The van der Waals surface area contributed by atoms with E-state index >= 15 is 0 Å². The van der Waals surface area contributed by atoms with E-state index in [0.29, 0.717) is 44.1 Å². The molecule has 1 aliphatic rings. The Kier molecular flexibility index (Phi) is 5.74. The first kappa shape index (κ1) is 20.0. The highest BCUT2D eigenvalue weighted by Crippen LogP contribution is 2.21. The predicted molar refractivity (Wildman–Crippen MR) is 110 cm³/mol. The van der Waals surface area contributed by atoms with Gasteiger partial charge in [0.2, 0.25) is 5.91 Å². The monoisotopic (exact) mass is 407 g/mol. The Labute approximate surface area is 174 Å². The Morgan fingerprint density at radius 3 is 2.87 bits per heavy atom. The van der Waals surface area contributed by atoms with Crippen LogP contribution >= 0.6 is 0 Å². The first-order valence-electron chi connectivity index (χ1n) is 10.2. The molecule has 0 saturated carbocycles. The molecule has 0 aromatic carbocycles. The molecule has 0 spiro atoms. The molecule has 30 heavy (non-hydrogen) atoms. The average Bonchev–Trinajstić information content (AvgIpc) is 3.14. The first-order valence-corrected chi connectivity index (χ1v) is 10.2. The standard InChI is InChI=1S/C22H25N5O3/c1-15-12-16(2)27(22(29)24-15)11-8-21(28)26-10-7-19-18(14-26)25-20(30-19)6-5-17-4-3-9-23-13-17/h3-4,9,12-13H,5-8,10-11,14H2,1-2H3. The molecule has 3 aromatic rings. The van der Waals surface area contributed by atoms with Crippen LogP contribution < -0.4 is 5.69 Å². The van der Waals surface area contributed by atoms with Gasteiger partial charge >= 0.3 is 5.69 Å². The Bertz CT molecular complexity index is 1100. The highest BCUT2D eigenvalue weighted by molar-refractivity contribution is 5.76. The molecule has 156 valence electrons. The molecule has 3 aromatic heterocycles.